The number of hydrogen-bond acceptors (Lipinski definition) is 3. The van der Waals surface area contributed by atoms with E-state index in [0.717, 1.165) is 5.56 Å². The third kappa shape index (κ3) is 1.74. The maximum Gasteiger partial charge on any atom is 0.204 e. The molecule has 1 aliphatic heterocycles. The topological polar surface area (TPSA) is 35.5 Å². The first-order valence-electron chi connectivity index (χ1n) is 4.65. The Morgan fingerprint density at radius 1 is 1.53 bits per heavy atom. The van der Waals surface area contributed by atoms with Gasteiger partial charge in [-0.25, -0.2) is 0 Å². The molecule has 0 N–H and O–H groups in total. The van der Waals surface area contributed by atoms with E-state index in [2.05, 4.69) is 15.9 Å². The van der Waals surface area contributed by atoms with Crippen molar-refractivity contribution in [3.63, 3.8) is 0 Å². The number of ether oxygens (including phenoxy) is 2. The number of methoxy groups -OCH3 is 1. The summed E-state index contributed by atoms with van der Waals surface area (Å²) in [6.07, 6.45) is 0. The van der Waals surface area contributed by atoms with Crippen LogP contribution in [0.3, 0.4) is 0 Å². The van der Waals surface area contributed by atoms with E-state index in [1.54, 1.807) is 13.2 Å². The van der Waals surface area contributed by atoms with Gasteiger partial charge < -0.3 is 9.47 Å². The fraction of sp³-hybridized carbons (Fsp3) is 0.364. The van der Waals surface area contributed by atoms with Crippen LogP contribution in [-0.4, -0.2) is 19.5 Å². The van der Waals surface area contributed by atoms with Crippen LogP contribution in [-0.2, 0) is 0 Å². The van der Waals surface area contributed by atoms with Crippen LogP contribution in [0.5, 0.6) is 11.5 Å². The summed E-state index contributed by atoms with van der Waals surface area (Å²) in [6, 6.07) is 3.61. The third-order valence-electron chi connectivity index (χ3n) is 2.40. The molecule has 1 aromatic rings. The summed E-state index contributed by atoms with van der Waals surface area (Å²) in [6.45, 7) is 2.12. The molecule has 0 saturated carbocycles. The molecule has 0 aromatic heterocycles. The largest absolute Gasteiger partial charge is 0.497 e. The minimum Gasteiger partial charge on any atom is -0.497 e. The average molecular weight is 271 g/mol. The third-order valence-corrected chi connectivity index (χ3v) is 2.90. The molecule has 3 nitrogen and oxygen atoms in total. The number of alkyl halides is 1. The predicted molar refractivity (Wildman–Crippen MR) is 60.2 cm³/mol. The van der Waals surface area contributed by atoms with E-state index in [1.165, 1.54) is 0 Å². The summed E-state index contributed by atoms with van der Waals surface area (Å²) in [5.41, 5.74) is 1.57. The van der Waals surface area contributed by atoms with E-state index in [0.29, 0.717) is 17.1 Å². The van der Waals surface area contributed by atoms with E-state index < -0.39 is 0 Å². The van der Waals surface area contributed by atoms with Gasteiger partial charge in [-0.05, 0) is 19.1 Å². The Balaban J connectivity index is 2.60. The molecule has 1 unspecified atom stereocenters. The highest BCUT2D eigenvalue weighted by Gasteiger charge is 2.26. The Morgan fingerprint density at radius 2 is 2.27 bits per heavy atom. The summed E-state index contributed by atoms with van der Waals surface area (Å²) in [4.78, 5) is 11.6. The summed E-state index contributed by atoms with van der Waals surface area (Å²) in [5.74, 6) is 1.39. The highest BCUT2D eigenvalue weighted by Crippen LogP contribution is 2.39. The molecule has 80 valence electrons. The van der Waals surface area contributed by atoms with Crippen molar-refractivity contribution >= 4 is 21.7 Å². The smallest absolute Gasteiger partial charge is 0.204 e. The minimum absolute atomic E-state index is 0.0123. The van der Waals surface area contributed by atoms with Crippen molar-refractivity contribution < 1.29 is 14.3 Å². The zero-order chi connectivity index (χ0) is 11.0. The lowest BCUT2D eigenvalue weighted by Crippen LogP contribution is -1.98. The normalized spacial score (nSPS) is 15.8. The molecule has 0 saturated heterocycles. The molecule has 1 atom stereocenters. The van der Waals surface area contributed by atoms with Gasteiger partial charge in [-0.3, -0.25) is 4.79 Å². The second-order valence-corrected chi connectivity index (χ2v) is 4.79. The van der Waals surface area contributed by atoms with Crippen molar-refractivity contribution in [2.75, 3.05) is 13.7 Å². The van der Waals surface area contributed by atoms with E-state index >= 15 is 0 Å². The van der Waals surface area contributed by atoms with Crippen molar-refractivity contribution in [1.29, 1.82) is 0 Å². The van der Waals surface area contributed by atoms with Crippen LogP contribution < -0.4 is 9.47 Å². The first kappa shape index (κ1) is 10.5. The Hall–Kier alpha value is -1.03. The molecule has 0 radical (unpaired) electrons. The summed E-state index contributed by atoms with van der Waals surface area (Å²) in [5, 5.41) is 0. The Labute approximate surface area is 96.5 Å². The van der Waals surface area contributed by atoms with Crippen LogP contribution in [0.25, 0.3) is 0 Å². The molecule has 0 amide bonds. The Kier molecular flexibility index (Phi) is 2.69. The van der Waals surface area contributed by atoms with Crippen LogP contribution in [0.4, 0.5) is 0 Å². The number of carbonyl (C=O) groups excluding carboxylic acids is 1. The van der Waals surface area contributed by atoms with Crippen molar-refractivity contribution in [2.45, 2.75) is 11.8 Å². The van der Waals surface area contributed by atoms with Crippen molar-refractivity contribution in [3.8, 4) is 11.5 Å². The lowest BCUT2D eigenvalue weighted by Gasteiger charge is -2.11. The quantitative estimate of drug-likeness (QED) is 0.776. The van der Waals surface area contributed by atoms with Gasteiger partial charge >= 0.3 is 0 Å². The van der Waals surface area contributed by atoms with Crippen LogP contribution in [0, 0.1) is 0 Å². The first-order chi connectivity index (χ1) is 7.13. The Bertz CT molecular complexity index is 413. The molecule has 0 spiro atoms. The SMILES string of the molecule is COc1cc2c(c(C(C)Br)c1)OCC2=O. The maximum atomic E-state index is 11.5. The van der Waals surface area contributed by atoms with Gasteiger partial charge in [-0.2, -0.15) is 0 Å². The van der Waals surface area contributed by atoms with E-state index in [4.69, 9.17) is 9.47 Å². The van der Waals surface area contributed by atoms with E-state index in [9.17, 15) is 4.79 Å². The summed E-state index contributed by atoms with van der Waals surface area (Å²) >= 11 is 3.47. The number of benzene rings is 1. The average Bonchev–Trinajstić information content (AvgIpc) is 2.59. The predicted octanol–water partition coefficient (Wildman–Crippen LogP) is 2.73. The van der Waals surface area contributed by atoms with Crippen molar-refractivity contribution in [2.24, 2.45) is 0 Å². The molecular formula is C11H11BrO3. The first-order valence-corrected chi connectivity index (χ1v) is 5.57. The number of carbonyl (C=O) groups is 1. The molecule has 0 aliphatic carbocycles. The lowest BCUT2D eigenvalue weighted by molar-refractivity contribution is 0.0961. The number of Topliss-reactive ketones (excluding diaryl/α,β-unsaturated/α-hetero) is 1. The van der Waals surface area contributed by atoms with Crippen molar-refractivity contribution in [3.05, 3.63) is 23.3 Å². The molecule has 2 rings (SSSR count). The molecule has 0 bridgehead atoms. The Morgan fingerprint density at radius 3 is 2.87 bits per heavy atom. The van der Waals surface area contributed by atoms with Gasteiger partial charge in [0.25, 0.3) is 0 Å². The van der Waals surface area contributed by atoms with Gasteiger partial charge in [-0.15, -0.1) is 0 Å². The highest BCUT2D eigenvalue weighted by molar-refractivity contribution is 9.09. The summed E-state index contributed by atoms with van der Waals surface area (Å²) in [7, 11) is 1.59. The second kappa shape index (κ2) is 3.85. The van der Waals surface area contributed by atoms with E-state index in [-0.39, 0.29) is 17.2 Å². The maximum absolute atomic E-state index is 11.5. The lowest BCUT2D eigenvalue weighted by atomic mass is 10.0. The zero-order valence-electron chi connectivity index (χ0n) is 8.54. The van der Waals surface area contributed by atoms with Gasteiger partial charge in [0.05, 0.1) is 12.7 Å². The van der Waals surface area contributed by atoms with Gasteiger partial charge in [0.1, 0.15) is 11.5 Å². The molecule has 0 fully saturated rings. The van der Waals surface area contributed by atoms with Crippen molar-refractivity contribution in [1.82, 2.24) is 0 Å². The zero-order valence-corrected chi connectivity index (χ0v) is 10.1. The number of fused-ring (bicyclic) bond motifs is 1. The van der Waals surface area contributed by atoms with Gasteiger partial charge in [-0.1, -0.05) is 15.9 Å². The molecule has 4 heteroatoms. The minimum atomic E-state index is 0.0123. The number of rotatable bonds is 2. The fourth-order valence-corrected chi connectivity index (χ4v) is 1.96. The summed E-state index contributed by atoms with van der Waals surface area (Å²) < 4.78 is 10.5. The molecule has 1 aromatic carbocycles. The standard InChI is InChI=1S/C11H11BrO3/c1-6(12)8-3-7(14-2)4-9-10(13)5-15-11(8)9/h3-4,6H,5H2,1-2H3. The van der Waals surface area contributed by atoms with Gasteiger partial charge in [0, 0.05) is 10.4 Å². The number of hydrogen-bond donors (Lipinski definition) is 0. The number of ketones is 1. The molecule has 1 heterocycles. The van der Waals surface area contributed by atoms with E-state index in [1.807, 2.05) is 13.0 Å². The fourth-order valence-electron chi connectivity index (χ4n) is 1.62. The van der Waals surface area contributed by atoms with Gasteiger partial charge in [0.15, 0.2) is 6.61 Å². The number of halogens is 1. The van der Waals surface area contributed by atoms with Crippen LogP contribution in [0.1, 0.15) is 27.7 Å². The molecular weight excluding hydrogens is 260 g/mol. The molecule has 1 aliphatic rings. The van der Waals surface area contributed by atoms with Crippen LogP contribution in [0.2, 0.25) is 0 Å². The van der Waals surface area contributed by atoms with Crippen LogP contribution >= 0.6 is 15.9 Å². The molecule has 15 heavy (non-hydrogen) atoms. The second-order valence-electron chi connectivity index (χ2n) is 3.42. The van der Waals surface area contributed by atoms with Crippen LogP contribution in [0.15, 0.2) is 12.1 Å². The van der Waals surface area contributed by atoms with Gasteiger partial charge in [0.2, 0.25) is 5.78 Å². The highest BCUT2D eigenvalue weighted by atomic mass is 79.9. The monoisotopic (exact) mass is 270 g/mol.